The fourth-order valence-electron chi connectivity index (χ4n) is 2.44. The van der Waals surface area contributed by atoms with Crippen molar-refractivity contribution >= 4 is 29.2 Å². The molecule has 0 unspecified atom stereocenters. The zero-order valence-electron chi connectivity index (χ0n) is 14.6. The van der Waals surface area contributed by atoms with Crippen molar-refractivity contribution in [1.82, 2.24) is 9.78 Å². The highest BCUT2D eigenvalue weighted by Gasteiger charge is 2.12. The maximum Gasteiger partial charge on any atom is 0.343 e. The van der Waals surface area contributed by atoms with Gasteiger partial charge < -0.3 is 4.74 Å². The maximum atomic E-state index is 12.4. The van der Waals surface area contributed by atoms with E-state index >= 15 is 0 Å². The lowest BCUT2D eigenvalue weighted by atomic mass is 10.0. The van der Waals surface area contributed by atoms with Gasteiger partial charge in [-0.2, -0.15) is 9.78 Å². The van der Waals surface area contributed by atoms with Crippen molar-refractivity contribution in [2.75, 3.05) is 0 Å². The molecule has 0 saturated carbocycles. The van der Waals surface area contributed by atoms with Crippen molar-refractivity contribution in [2.24, 2.45) is 0 Å². The van der Waals surface area contributed by atoms with E-state index in [9.17, 15) is 9.59 Å². The van der Waals surface area contributed by atoms with E-state index in [2.05, 4.69) is 18.9 Å². The third-order valence-corrected chi connectivity index (χ3v) is 4.71. The summed E-state index contributed by atoms with van der Waals surface area (Å²) in [5, 5.41) is 3.92. The largest absolute Gasteiger partial charge is 0.423 e. The van der Waals surface area contributed by atoms with Crippen molar-refractivity contribution in [3.63, 3.8) is 0 Å². The first-order valence-corrected chi connectivity index (χ1v) is 8.98. The van der Waals surface area contributed by atoms with Crippen LogP contribution in [0.4, 0.5) is 0 Å². The summed E-state index contributed by atoms with van der Waals surface area (Å²) in [6.07, 6.45) is 1.29. The Bertz CT molecular complexity index is 1040. The van der Waals surface area contributed by atoms with E-state index in [0.29, 0.717) is 22.9 Å². The zero-order valence-corrected chi connectivity index (χ0v) is 16.2. The number of rotatable bonds is 4. The highest BCUT2D eigenvalue weighted by atomic mass is 35.5. The number of halogens is 2. The van der Waals surface area contributed by atoms with E-state index in [1.807, 2.05) is 18.2 Å². The molecule has 0 aliphatic heterocycles. The molecule has 0 bridgehead atoms. The van der Waals surface area contributed by atoms with Crippen LogP contribution in [0.15, 0.2) is 59.5 Å². The summed E-state index contributed by atoms with van der Waals surface area (Å²) in [6, 6.07) is 13.7. The molecular weight excluding hydrogens is 387 g/mol. The van der Waals surface area contributed by atoms with Crippen LogP contribution in [0.5, 0.6) is 5.75 Å². The van der Waals surface area contributed by atoms with E-state index in [1.54, 1.807) is 30.3 Å². The van der Waals surface area contributed by atoms with Crippen molar-refractivity contribution in [3.8, 4) is 11.4 Å². The molecule has 3 rings (SSSR count). The van der Waals surface area contributed by atoms with Crippen LogP contribution in [0.1, 0.15) is 35.7 Å². The molecule has 7 heteroatoms. The minimum absolute atomic E-state index is 0.0849. The standard InChI is InChI=1S/C20H16Cl2N2O3/c1-12(2)14-4-3-5-16(10-14)27-20(26)13-6-8-15(9-7-13)24-19(25)18(22)17(21)11-23-24/h3-12H,1-2H3. The Kier molecular flexibility index (Phi) is 5.63. The molecule has 1 heterocycles. The van der Waals surface area contributed by atoms with Gasteiger partial charge >= 0.3 is 5.97 Å². The minimum Gasteiger partial charge on any atom is -0.423 e. The molecule has 0 atom stereocenters. The van der Waals surface area contributed by atoms with Gasteiger partial charge in [-0.05, 0) is 47.9 Å². The molecule has 0 radical (unpaired) electrons. The zero-order chi connectivity index (χ0) is 19.6. The molecule has 138 valence electrons. The minimum atomic E-state index is -0.537. The summed E-state index contributed by atoms with van der Waals surface area (Å²) < 4.78 is 6.54. The van der Waals surface area contributed by atoms with Gasteiger partial charge in [-0.3, -0.25) is 4.79 Å². The van der Waals surface area contributed by atoms with E-state index < -0.39 is 11.5 Å². The van der Waals surface area contributed by atoms with Gasteiger partial charge in [0.25, 0.3) is 5.56 Å². The molecular formula is C20H16Cl2N2O3. The first-order valence-electron chi connectivity index (χ1n) is 8.22. The molecule has 0 spiro atoms. The van der Waals surface area contributed by atoms with Crippen LogP contribution >= 0.6 is 23.2 Å². The molecule has 3 aromatic rings. The van der Waals surface area contributed by atoms with E-state index in [0.717, 1.165) is 10.2 Å². The Balaban J connectivity index is 1.81. The van der Waals surface area contributed by atoms with Gasteiger partial charge in [0.2, 0.25) is 0 Å². The Morgan fingerprint density at radius 3 is 2.48 bits per heavy atom. The molecule has 0 aliphatic carbocycles. The number of ether oxygens (including phenoxy) is 1. The summed E-state index contributed by atoms with van der Waals surface area (Å²) in [6.45, 7) is 4.14. The maximum absolute atomic E-state index is 12.4. The number of aromatic nitrogens is 2. The average Bonchev–Trinajstić information content (AvgIpc) is 2.66. The fourth-order valence-corrected chi connectivity index (χ4v) is 2.69. The summed E-state index contributed by atoms with van der Waals surface area (Å²) in [4.78, 5) is 24.5. The lowest BCUT2D eigenvalue weighted by Crippen LogP contribution is -2.21. The topological polar surface area (TPSA) is 61.2 Å². The van der Waals surface area contributed by atoms with Crippen molar-refractivity contribution in [2.45, 2.75) is 19.8 Å². The van der Waals surface area contributed by atoms with E-state index in [4.69, 9.17) is 27.9 Å². The smallest absolute Gasteiger partial charge is 0.343 e. The van der Waals surface area contributed by atoms with Gasteiger partial charge in [0.05, 0.1) is 22.5 Å². The number of hydrogen-bond donors (Lipinski definition) is 0. The van der Waals surface area contributed by atoms with Crippen molar-refractivity contribution in [1.29, 1.82) is 0 Å². The Hall–Kier alpha value is -2.63. The lowest BCUT2D eigenvalue weighted by molar-refractivity contribution is 0.0734. The number of benzene rings is 2. The van der Waals surface area contributed by atoms with E-state index in [1.165, 1.54) is 6.20 Å². The number of esters is 1. The van der Waals surface area contributed by atoms with Crippen LogP contribution in [0.2, 0.25) is 10.0 Å². The summed E-state index contributed by atoms with van der Waals surface area (Å²) in [7, 11) is 0. The molecule has 0 aliphatic rings. The molecule has 27 heavy (non-hydrogen) atoms. The summed E-state index contributed by atoms with van der Waals surface area (Å²) in [5.41, 5.74) is 1.35. The van der Waals surface area contributed by atoms with Crippen molar-refractivity contribution < 1.29 is 9.53 Å². The fraction of sp³-hybridized carbons (Fsp3) is 0.150. The number of nitrogens with zero attached hydrogens (tertiary/aromatic N) is 2. The molecule has 0 saturated heterocycles. The van der Waals surface area contributed by atoms with Gasteiger partial charge in [-0.15, -0.1) is 0 Å². The van der Waals surface area contributed by atoms with Gasteiger partial charge in [0, 0.05) is 0 Å². The average molecular weight is 403 g/mol. The molecule has 1 aromatic heterocycles. The summed E-state index contributed by atoms with van der Waals surface area (Å²) in [5.74, 6) is 0.328. The first kappa shape index (κ1) is 19.1. The normalized spacial score (nSPS) is 10.9. The highest BCUT2D eigenvalue weighted by molar-refractivity contribution is 6.41. The third kappa shape index (κ3) is 4.21. The van der Waals surface area contributed by atoms with Crippen LogP contribution in [0.25, 0.3) is 5.69 Å². The predicted octanol–water partition coefficient (Wildman–Crippen LogP) is 4.88. The highest BCUT2D eigenvalue weighted by Crippen LogP contribution is 2.21. The second-order valence-corrected chi connectivity index (χ2v) is 6.97. The second kappa shape index (κ2) is 7.94. The molecule has 5 nitrogen and oxygen atoms in total. The lowest BCUT2D eigenvalue weighted by Gasteiger charge is -2.09. The third-order valence-electron chi connectivity index (χ3n) is 3.96. The van der Waals surface area contributed by atoms with Gasteiger partial charge in [-0.1, -0.05) is 49.2 Å². The number of carbonyl (C=O) groups excluding carboxylic acids is 1. The molecule has 2 aromatic carbocycles. The molecule has 0 fully saturated rings. The molecule has 0 amide bonds. The van der Waals surface area contributed by atoms with Crippen LogP contribution in [-0.2, 0) is 0 Å². The van der Waals surface area contributed by atoms with Crippen LogP contribution in [0, 0.1) is 0 Å². The molecule has 0 N–H and O–H groups in total. The Morgan fingerprint density at radius 2 is 1.81 bits per heavy atom. The summed E-state index contributed by atoms with van der Waals surface area (Å²) >= 11 is 11.6. The van der Waals surface area contributed by atoms with E-state index in [-0.39, 0.29) is 10.0 Å². The second-order valence-electron chi connectivity index (χ2n) is 6.19. The SMILES string of the molecule is CC(C)c1cccc(OC(=O)c2ccc(-n3ncc(Cl)c(Cl)c3=O)cc2)c1. The quantitative estimate of drug-likeness (QED) is 0.460. The predicted molar refractivity (Wildman–Crippen MR) is 105 cm³/mol. The first-order chi connectivity index (χ1) is 12.9. The number of hydrogen-bond acceptors (Lipinski definition) is 4. The van der Waals surface area contributed by atoms with Crippen LogP contribution in [0.3, 0.4) is 0 Å². The van der Waals surface area contributed by atoms with Gasteiger partial charge in [0.1, 0.15) is 10.8 Å². The number of carbonyl (C=O) groups is 1. The monoisotopic (exact) mass is 402 g/mol. The van der Waals surface area contributed by atoms with Gasteiger partial charge in [0.15, 0.2) is 0 Å². The van der Waals surface area contributed by atoms with Crippen molar-refractivity contribution in [3.05, 3.63) is 86.3 Å². The van der Waals surface area contributed by atoms with Gasteiger partial charge in [-0.25, -0.2) is 4.79 Å². The Labute approximate surface area is 166 Å². The van der Waals surface area contributed by atoms with Crippen LogP contribution in [-0.4, -0.2) is 15.7 Å². The Morgan fingerprint density at radius 1 is 1.11 bits per heavy atom. The van der Waals surface area contributed by atoms with Crippen LogP contribution < -0.4 is 10.3 Å².